The zero-order valence-electron chi connectivity index (χ0n) is 15.3. The normalized spacial score (nSPS) is 16.9. The first-order valence-electron chi connectivity index (χ1n) is 9.29. The van der Waals surface area contributed by atoms with Gasteiger partial charge in [-0.3, -0.25) is 4.79 Å². The van der Waals surface area contributed by atoms with Crippen LogP contribution in [0.1, 0.15) is 84.5 Å². The number of rotatable bonds is 15. The summed E-state index contributed by atoms with van der Waals surface area (Å²) in [6, 6.07) is 0. The fourth-order valence-corrected chi connectivity index (χ4v) is 2.65. The van der Waals surface area contributed by atoms with E-state index in [1.807, 2.05) is 0 Å². The number of unbranched alkanes of at least 4 members (excludes halogenated alkanes) is 7. The van der Waals surface area contributed by atoms with Crippen LogP contribution in [0.4, 0.5) is 0 Å². The van der Waals surface area contributed by atoms with E-state index in [4.69, 9.17) is 5.11 Å². The minimum Gasteiger partial charge on any atom is -0.481 e. The molecule has 0 radical (unpaired) electrons. The lowest BCUT2D eigenvalue weighted by Crippen LogP contribution is -2.45. The number of allylic oxidation sites excluding steroid dienone is 1. The molecule has 0 spiro atoms. The van der Waals surface area contributed by atoms with Crippen LogP contribution in [0.2, 0.25) is 0 Å². The van der Waals surface area contributed by atoms with Gasteiger partial charge in [-0.25, -0.2) is 0 Å². The topological polar surface area (TPSA) is 98.0 Å². The first-order chi connectivity index (χ1) is 11.3. The molecule has 0 rings (SSSR count). The van der Waals surface area contributed by atoms with E-state index < -0.39 is 23.8 Å². The van der Waals surface area contributed by atoms with E-state index in [1.54, 1.807) is 6.08 Å². The van der Waals surface area contributed by atoms with Crippen LogP contribution in [-0.2, 0) is 4.79 Å². The second-order valence-corrected chi connectivity index (χ2v) is 6.84. The van der Waals surface area contributed by atoms with Gasteiger partial charge in [0, 0.05) is 6.42 Å². The summed E-state index contributed by atoms with van der Waals surface area (Å²) in [5, 5.41) is 39.0. The van der Waals surface area contributed by atoms with Crippen molar-refractivity contribution in [1.29, 1.82) is 0 Å². The van der Waals surface area contributed by atoms with Crippen molar-refractivity contribution in [2.45, 2.75) is 102 Å². The fourth-order valence-electron chi connectivity index (χ4n) is 2.65. The van der Waals surface area contributed by atoms with Crippen LogP contribution in [0.3, 0.4) is 0 Å². The maximum Gasteiger partial charge on any atom is 0.303 e. The molecule has 0 heterocycles. The van der Waals surface area contributed by atoms with Crippen molar-refractivity contribution in [3.8, 4) is 0 Å². The molecule has 0 fully saturated rings. The fraction of sp³-hybridized carbons (Fsp3) is 0.842. The quantitative estimate of drug-likeness (QED) is 0.270. The number of carbonyl (C=O) groups is 1. The molecule has 5 heteroatoms. The highest BCUT2D eigenvalue weighted by Gasteiger charge is 2.32. The largest absolute Gasteiger partial charge is 0.481 e. The molecule has 0 saturated carbocycles. The average molecular weight is 344 g/mol. The molecule has 0 aliphatic carbocycles. The lowest BCUT2D eigenvalue weighted by atomic mass is 9.91. The van der Waals surface area contributed by atoms with E-state index in [9.17, 15) is 20.1 Å². The maximum absolute atomic E-state index is 10.4. The van der Waals surface area contributed by atoms with Crippen LogP contribution in [0, 0.1) is 0 Å². The van der Waals surface area contributed by atoms with Crippen molar-refractivity contribution in [3.05, 3.63) is 12.2 Å². The number of carboxylic acid groups (broad SMARTS) is 1. The van der Waals surface area contributed by atoms with Crippen LogP contribution in [0.15, 0.2) is 12.2 Å². The third-order valence-corrected chi connectivity index (χ3v) is 4.28. The van der Waals surface area contributed by atoms with Crippen LogP contribution in [0.25, 0.3) is 0 Å². The van der Waals surface area contributed by atoms with E-state index in [2.05, 4.69) is 6.92 Å². The number of carboxylic acids is 1. The molecule has 4 N–H and O–H groups in total. The highest BCUT2D eigenvalue weighted by Crippen LogP contribution is 2.20. The molecule has 0 aliphatic rings. The molecule has 0 saturated heterocycles. The van der Waals surface area contributed by atoms with E-state index in [1.165, 1.54) is 38.7 Å². The molecule has 0 aromatic heterocycles. The molecule has 0 aromatic rings. The zero-order chi connectivity index (χ0) is 18.4. The molecule has 0 aromatic carbocycles. The monoisotopic (exact) mass is 344 g/mol. The predicted molar refractivity (Wildman–Crippen MR) is 95.9 cm³/mol. The van der Waals surface area contributed by atoms with Gasteiger partial charge >= 0.3 is 5.97 Å². The second kappa shape index (κ2) is 13.4. The lowest BCUT2D eigenvalue weighted by Gasteiger charge is -2.29. The van der Waals surface area contributed by atoms with Crippen LogP contribution < -0.4 is 0 Å². The van der Waals surface area contributed by atoms with Crippen molar-refractivity contribution in [1.82, 2.24) is 0 Å². The lowest BCUT2D eigenvalue weighted by molar-refractivity contribution is -0.137. The molecule has 0 bridgehead atoms. The Balaban J connectivity index is 3.99. The summed E-state index contributed by atoms with van der Waals surface area (Å²) < 4.78 is 0. The Morgan fingerprint density at radius 3 is 2.21 bits per heavy atom. The molecule has 3 unspecified atom stereocenters. The van der Waals surface area contributed by atoms with Crippen LogP contribution in [0.5, 0.6) is 0 Å². The second-order valence-electron chi connectivity index (χ2n) is 6.84. The standard InChI is InChI=1S/C19H36O5/c1-3-4-5-6-7-8-10-13-16(20)18(23)19(2,24)15-12-9-11-14-17(21)22/h12,15-16,18,20,23-24H,3-11,13-14H2,1-2H3,(H,21,22)/b15-12-. The Morgan fingerprint density at radius 1 is 1.04 bits per heavy atom. The van der Waals surface area contributed by atoms with E-state index in [0.29, 0.717) is 19.3 Å². The third kappa shape index (κ3) is 11.6. The summed E-state index contributed by atoms with van der Waals surface area (Å²) in [6.07, 6.45) is 10.4. The number of aliphatic hydroxyl groups excluding tert-OH is 2. The molecular weight excluding hydrogens is 308 g/mol. The van der Waals surface area contributed by atoms with Crippen molar-refractivity contribution in [2.75, 3.05) is 0 Å². The molecule has 142 valence electrons. The number of hydrogen-bond donors (Lipinski definition) is 4. The summed E-state index contributed by atoms with van der Waals surface area (Å²) in [7, 11) is 0. The van der Waals surface area contributed by atoms with Gasteiger partial charge in [0.25, 0.3) is 0 Å². The third-order valence-electron chi connectivity index (χ3n) is 4.28. The van der Waals surface area contributed by atoms with Gasteiger partial charge in [0.1, 0.15) is 11.7 Å². The first kappa shape index (κ1) is 23.1. The Kier molecular flexibility index (Phi) is 12.9. The Hall–Kier alpha value is -0.910. The molecule has 0 aliphatic heterocycles. The van der Waals surface area contributed by atoms with E-state index in [-0.39, 0.29) is 6.42 Å². The van der Waals surface area contributed by atoms with Crippen molar-refractivity contribution < 1.29 is 25.2 Å². The summed E-state index contributed by atoms with van der Waals surface area (Å²) in [4.78, 5) is 10.4. The minimum absolute atomic E-state index is 0.0793. The van der Waals surface area contributed by atoms with Crippen molar-refractivity contribution >= 4 is 5.97 Å². The smallest absolute Gasteiger partial charge is 0.303 e. The number of aliphatic carboxylic acids is 1. The summed E-state index contributed by atoms with van der Waals surface area (Å²) in [5.41, 5.74) is -1.51. The van der Waals surface area contributed by atoms with Gasteiger partial charge in [-0.1, -0.05) is 64.0 Å². The Morgan fingerprint density at radius 2 is 1.62 bits per heavy atom. The highest BCUT2D eigenvalue weighted by molar-refractivity contribution is 5.66. The van der Waals surface area contributed by atoms with Crippen molar-refractivity contribution in [3.63, 3.8) is 0 Å². The zero-order valence-corrected chi connectivity index (χ0v) is 15.3. The number of aliphatic hydroxyl groups is 3. The summed E-state index contributed by atoms with van der Waals surface area (Å²) in [6.45, 7) is 3.64. The average Bonchev–Trinajstić information content (AvgIpc) is 2.52. The van der Waals surface area contributed by atoms with Gasteiger partial charge in [-0.05, 0) is 26.2 Å². The van der Waals surface area contributed by atoms with Gasteiger partial charge < -0.3 is 20.4 Å². The van der Waals surface area contributed by atoms with Gasteiger partial charge in [-0.15, -0.1) is 0 Å². The SMILES string of the molecule is CCCCCCCCCC(O)C(O)C(C)(O)/C=C\CCCC(=O)O. The van der Waals surface area contributed by atoms with Gasteiger partial charge in [-0.2, -0.15) is 0 Å². The molecule has 24 heavy (non-hydrogen) atoms. The van der Waals surface area contributed by atoms with E-state index >= 15 is 0 Å². The summed E-state index contributed by atoms with van der Waals surface area (Å²) >= 11 is 0. The molecular formula is C19H36O5. The Bertz CT molecular complexity index is 352. The van der Waals surface area contributed by atoms with Gasteiger partial charge in [0.05, 0.1) is 6.10 Å². The highest BCUT2D eigenvalue weighted by atomic mass is 16.4. The minimum atomic E-state index is -1.51. The maximum atomic E-state index is 10.4. The molecule has 3 atom stereocenters. The van der Waals surface area contributed by atoms with Crippen LogP contribution >= 0.6 is 0 Å². The molecule has 0 amide bonds. The number of hydrogen-bond acceptors (Lipinski definition) is 4. The molecule has 5 nitrogen and oxygen atoms in total. The predicted octanol–water partition coefficient (Wildman–Crippen LogP) is 3.41. The Labute approximate surface area is 146 Å². The summed E-state index contributed by atoms with van der Waals surface area (Å²) in [5.74, 6) is -0.847. The van der Waals surface area contributed by atoms with E-state index in [0.717, 1.165) is 19.3 Å². The van der Waals surface area contributed by atoms with Crippen molar-refractivity contribution in [2.24, 2.45) is 0 Å². The van der Waals surface area contributed by atoms with Gasteiger partial charge in [0.2, 0.25) is 0 Å². The first-order valence-corrected chi connectivity index (χ1v) is 9.29. The van der Waals surface area contributed by atoms with Gasteiger partial charge in [0.15, 0.2) is 0 Å². The van der Waals surface area contributed by atoms with Crippen LogP contribution in [-0.4, -0.2) is 44.2 Å².